The second-order valence-corrected chi connectivity index (χ2v) is 7.74. The molecule has 10 heteroatoms. The van der Waals surface area contributed by atoms with Crippen LogP contribution in [0, 0.1) is 23.8 Å². The number of nitrogen functional groups attached to an aromatic ring is 1. The molecule has 0 amide bonds. The minimum absolute atomic E-state index is 0.0536. The summed E-state index contributed by atoms with van der Waals surface area (Å²) in [7, 11) is 1.86. The highest BCUT2D eigenvalue weighted by molar-refractivity contribution is 6.16. The molecule has 10 nitrogen and oxygen atoms in total. The maximum atomic E-state index is 10.8. The summed E-state index contributed by atoms with van der Waals surface area (Å²) in [6, 6.07) is 10.7. The molecule has 3 aromatic rings. The molecule has 5 N–H and O–H groups in total. The Bertz CT molecular complexity index is 1190. The number of nitrogens with two attached hydrogens (primary N) is 1. The summed E-state index contributed by atoms with van der Waals surface area (Å²) in [6.07, 6.45) is 6.83. The molecule has 1 aromatic carbocycles. The zero-order valence-corrected chi connectivity index (χ0v) is 19.1. The van der Waals surface area contributed by atoms with Crippen LogP contribution < -0.4 is 16.4 Å². The molecule has 174 valence electrons. The third kappa shape index (κ3) is 6.04. The van der Waals surface area contributed by atoms with Gasteiger partial charge < -0.3 is 21.3 Å². The van der Waals surface area contributed by atoms with E-state index in [0.29, 0.717) is 35.6 Å². The molecule has 3 heterocycles. The van der Waals surface area contributed by atoms with Crippen molar-refractivity contribution in [3.63, 3.8) is 0 Å². The molecule has 0 spiro atoms. The molecule has 4 rings (SSSR count). The van der Waals surface area contributed by atoms with Crippen molar-refractivity contribution < 1.29 is 4.79 Å². The third-order valence-corrected chi connectivity index (χ3v) is 5.30. The second-order valence-electron chi connectivity index (χ2n) is 7.74. The average molecular weight is 458 g/mol. The standard InChI is InChI=1S/C17H17N7O.C7H10N2/c18-9-24-6-5-13(7-24)23-17-14(16(20)21-10-22-17)15(19)12-3-1-11(8-25)2-4-12;1-6-3-4-9-7(5-6)8-2/h1-4,8,10,13,19H,5-7H2,(H3,20,21,22,23);3-5H,1-2H3,(H,8,9). The minimum Gasteiger partial charge on any atom is -0.383 e. The molecule has 34 heavy (non-hydrogen) atoms. The minimum atomic E-state index is 0.0536. The number of anilines is 3. The lowest BCUT2D eigenvalue weighted by molar-refractivity contribution is 0.112. The van der Waals surface area contributed by atoms with Crippen LogP contribution in [-0.4, -0.2) is 58.0 Å². The van der Waals surface area contributed by atoms with Gasteiger partial charge in [0.15, 0.2) is 6.19 Å². The number of hydrogen-bond acceptors (Lipinski definition) is 10. The van der Waals surface area contributed by atoms with E-state index >= 15 is 0 Å². The first-order valence-electron chi connectivity index (χ1n) is 10.7. The number of nitrogens with one attached hydrogen (secondary N) is 3. The SMILES string of the molecule is CNc1cc(C)ccn1.N#CN1CCC(Nc2ncnc(N)c2C(=N)c2ccc(C=O)cc2)C1. The van der Waals surface area contributed by atoms with Gasteiger partial charge >= 0.3 is 0 Å². The van der Waals surface area contributed by atoms with Gasteiger partial charge in [-0.1, -0.05) is 24.3 Å². The molecule has 0 aliphatic carbocycles. The topological polar surface area (TPSA) is 157 Å². The van der Waals surface area contributed by atoms with E-state index in [1.54, 1.807) is 35.4 Å². The number of rotatable bonds is 6. The molecule has 1 aliphatic rings. The summed E-state index contributed by atoms with van der Waals surface area (Å²) in [6.45, 7) is 3.32. The number of aryl methyl sites for hydroxylation is 1. The summed E-state index contributed by atoms with van der Waals surface area (Å²) in [4.78, 5) is 24.7. The van der Waals surface area contributed by atoms with Gasteiger partial charge in [0.05, 0.1) is 11.3 Å². The molecule has 2 aromatic heterocycles. The zero-order valence-electron chi connectivity index (χ0n) is 19.1. The van der Waals surface area contributed by atoms with Crippen molar-refractivity contribution in [2.24, 2.45) is 0 Å². The number of nitrogens with zero attached hydrogens (tertiary/aromatic N) is 5. The molecule has 1 atom stereocenters. The van der Waals surface area contributed by atoms with Gasteiger partial charge in [0, 0.05) is 43.5 Å². The van der Waals surface area contributed by atoms with Crippen molar-refractivity contribution in [3.8, 4) is 6.19 Å². The Balaban J connectivity index is 0.000000302. The fourth-order valence-corrected chi connectivity index (χ4v) is 3.46. The van der Waals surface area contributed by atoms with E-state index in [9.17, 15) is 4.79 Å². The van der Waals surface area contributed by atoms with Crippen LogP contribution in [0.4, 0.5) is 17.5 Å². The Kier molecular flexibility index (Phi) is 8.07. The number of carbonyl (C=O) groups is 1. The van der Waals surface area contributed by atoms with Gasteiger partial charge in [0.25, 0.3) is 0 Å². The molecule has 1 saturated heterocycles. The Labute approximate surface area is 198 Å². The second kappa shape index (κ2) is 11.4. The van der Waals surface area contributed by atoms with Crippen LogP contribution in [0.3, 0.4) is 0 Å². The van der Waals surface area contributed by atoms with Crippen LogP contribution in [0.1, 0.15) is 33.5 Å². The number of nitriles is 1. The predicted octanol–water partition coefficient (Wildman–Crippen LogP) is 2.69. The summed E-state index contributed by atoms with van der Waals surface area (Å²) in [5.74, 6) is 1.61. The summed E-state index contributed by atoms with van der Waals surface area (Å²) < 4.78 is 0. The first-order chi connectivity index (χ1) is 16.4. The van der Waals surface area contributed by atoms with Crippen molar-refractivity contribution in [1.29, 1.82) is 10.7 Å². The van der Waals surface area contributed by atoms with Crippen molar-refractivity contribution >= 4 is 29.5 Å². The molecule has 0 bridgehead atoms. The number of carbonyl (C=O) groups excluding carboxylic acids is 1. The smallest absolute Gasteiger partial charge is 0.179 e. The third-order valence-electron chi connectivity index (χ3n) is 5.30. The normalized spacial score (nSPS) is 14.4. The molecule has 1 fully saturated rings. The number of hydrogen-bond donors (Lipinski definition) is 4. The van der Waals surface area contributed by atoms with Crippen LogP contribution in [0.25, 0.3) is 0 Å². The molecule has 0 radical (unpaired) electrons. The van der Waals surface area contributed by atoms with Gasteiger partial charge in [-0.05, 0) is 31.0 Å². The summed E-state index contributed by atoms with van der Waals surface area (Å²) in [5, 5.41) is 23.7. The van der Waals surface area contributed by atoms with Gasteiger partial charge in [-0.2, -0.15) is 5.26 Å². The van der Waals surface area contributed by atoms with Crippen LogP contribution in [0.15, 0.2) is 48.9 Å². The average Bonchev–Trinajstić information content (AvgIpc) is 3.32. The lowest BCUT2D eigenvalue weighted by Gasteiger charge is -2.17. The fraction of sp³-hybridized carbons (Fsp3) is 0.250. The van der Waals surface area contributed by atoms with E-state index < -0.39 is 0 Å². The number of pyridine rings is 1. The molecule has 0 saturated carbocycles. The van der Waals surface area contributed by atoms with Crippen LogP contribution in [0.2, 0.25) is 0 Å². The maximum absolute atomic E-state index is 10.8. The highest BCUT2D eigenvalue weighted by Gasteiger charge is 2.24. The quantitative estimate of drug-likeness (QED) is 0.248. The van der Waals surface area contributed by atoms with E-state index in [-0.39, 0.29) is 17.6 Å². The van der Waals surface area contributed by atoms with Gasteiger partial charge in [-0.25, -0.2) is 15.0 Å². The number of aldehydes is 1. The van der Waals surface area contributed by atoms with Gasteiger partial charge in [0.2, 0.25) is 0 Å². The first-order valence-corrected chi connectivity index (χ1v) is 10.7. The summed E-state index contributed by atoms with van der Waals surface area (Å²) in [5.41, 5.74) is 8.96. The molecule has 1 unspecified atom stereocenters. The monoisotopic (exact) mass is 457 g/mol. The summed E-state index contributed by atoms with van der Waals surface area (Å²) >= 11 is 0. The Morgan fingerprint density at radius 2 is 2.03 bits per heavy atom. The van der Waals surface area contributed by atoms with Crippen molar-refractivity contribution in [2.75, 3.05) is 36.5 Å². The van der Waals surface area contributed by atoms with Crippen molar-refractivity contribution in [3.05, 3.63) is 71.2 Å². The van der Waals surface area contributed by atoms with E-state index in [1.165, 1.54) is 11.9 Å². The zero-order chi connectivity index (χ0) is 24.5. The fourth-order valence-electron chi connectivity index (χ4n) is 3.46. The van der Waals surface area contributed by atoms with Gasteiger partial charge in [0.1, 0.15) is 30.1 Å². The highest BCUT2D eigenvalue weighted by atomic mass is 16.1. The number of likely N-dealkylation sites (tertiary alicyclic amines) is 1. The first kappa shape index (κ1) is 24.1. The molecule has 1 aliphatic heterocycles. The lowest BCUT2D eigenvalue weighted by Crippen LogP contribution is -2.25. The lowest BCUT2D eigenvalue weighted by atomic mass is 10.0. The largest absolute Gasteiger partial charge is 0.383 e. The van der Waals surface area contributed by atoms with E-state index in [1.807, 2.05) is 26.1 Å². The number of aromatic nitrogens is 3. The van der Waals surface area contributed by atoms with Crippen LogP contribution >= 0.6 is 0 Å². The molecular formula is C24H27N9O. The maximum Gasteiger partial charge on any atom is 0.179 e. The van der Waals surface area contributed by atoms with Gasteiger partial charge in [-0.15, -0.1) is 0 Å². The highest BCUT2D eigenvalue weighted by Crippen LogP contribution is 2.24. The van der Waals surface area contributed by atoms with Crippen LogP contribution in [-0.2, 0) is 0 Å². The van der Waals surface area contributed by atoms with E-state index in [4.69, 9.17) is 16.4 Å². The van der Waals surface area contributed by atoms with Gasteiger partial charge in [-0.3, -0.25) is 10.2 Å². The van der Waals surface area contributed by atoms with Crippen LogP contribution in [0.5, 0.6) is 0 Å². The van der Waals surface area contributed by atoms with Crippen molar-refractivity contribution in [2.45, 2.75) is 19.4 Å². The Morgan fingerprint density at radius 1 is 1.26 bits per heavy atom. The molecular weight excluding hydrogens is 430 g/mol. The Hall–Kier alpha value is -4.52. The van der Waals surface area contributed by atoms with Crippen molar-refractivity contribution in [1.82, 2.24) is 19.9 Å². The predicted molar refractivity (Wildman–Crippen MR) is 132 cm³/mol. The Morgan fingerprint density at radius 3 is 2.62 bits per heavy atom. The number of benzene rings is 1. The van der Waals surface area contributed by atoms with E-state index in [2.05, 4.69) is 31.8 Å². The van der Waals surface area contributed by atoms with E-state index in [0.717, 1.165) is 18.5 Å².